The van der Waals surface area contributed by atoms with Crippen molar-refractivity contribution in [1.82, 2.24) is 15.2 Å². The topological polar surface area (TPSA) is 71.2 Å². The van der Waals surface area contributed by atoms with Crippen molar-refractivity contribution < 1.29 is 4.79 Å². The first-order chi connectivity index (χ1) is 9.19. The van der Waals surface area contributed by atoms with E-state index in [0.29, 0.717) is 12.1 Å². The predicted octanol–water partition coefficient (Wildman–Crippen LogP) is 1.52. The van der Waals surface area contributed by atoms with E-state index in [1.165, 1.54) is 0 Å². The van der Waals surface area contributed by atoms with Crippen LogP contribution in [0.15, 0.2) is 18.3 Å². The SMILES string of the molecule is CCN(CC)CCCCNC(=O)c1cccnc1N. The highest BCUT2D eigenvalue weighted by atomic mass is 16.1. The number of rotatable bonds is 8. The van der Waals surface area contributed by atoms with Crippen molar-refractivity contribution in [3.05, 3.63) is 23.9 Å². The summed E-state index contributed by atoms with van der Waals surface area (Å²) in [5.74, 6) is 0.136. The molecule has 0 atom stereocenters. The van der Waals surface area contributed by atoms with Gasteiger partial charge in [-0.25, -0.2) is 4.98 Å². The lowest BCUT2D eigenvalue weighted by Gasteiger charge is -2.17. The van der Waals surface area contributed by atoms with Crippen LogP contribution in [0, 0.1) is 0 Å². The molecule has 0 aromatic carbocycles. The fraction of sp³-hybridized carbons (Fsp3) is 0.571. The lowest BCUT2D eigenvalue weighted by molar-refractivity contribution is 0.0953. The molecule has 1 rings (SSSR count). The van der Waals surface area contributed by atoms with Crippen LogP contribution in [0.25, 0.3) is 0 Å². The first-order valence-corrected chi connectivity index (χ1v) is 6.90. The van der Waals surface area contributed by atoms with E-state index in [4.69, 9.17) is 5.73 Å². The molecular formula is C14H24N4O. The fourth-order valence-electron chi connectivity index (χ4n) is 1.91. The van der Waals surface area contributed by atoms with Crippen LogP contribution in [0.4, 0.5) is 5.82 Å². The van der Waals surface area contributed by atoms with Gasteiger partial charge in [0.15, 0.2) is 0 Å². The van der Waals surface area contributed by atoms with E-state index in [1.807, 2.05) is 0 Å². The number of nitrogen functional groups attached to an aromatic ring is 1. The van der Waals surface area contributed by atoms with E-state index in [9.17, 15) is 4.79 Å². The monoisotopic (exact) mass is 264 g/mol. The minimum atomic E-state index is -0.145. The normalized spacial score (nSPS) is 10.7. The second-order valence-corrected chi connectivity index (χ2v) is 4.43. The van der Waals surface area contributed by atoms with Gasteiger partial charge in [0.25, 0.3) is 5.91 Å². The first-order valence-electron chi connectivity index (χ1n) is 6.90. The minimum Gasteiger partial charge on any atom is -0.383 e. The molecule has 0 radical (unpaired) electrons. The van der Waals surface area contributed by atoms with Crippen LogP contribution in [0.2, 0.25) is 0 Å². The van der Waals surface area contributed by atoms with E-state index < -0.39 is 0 Å². The van der Waals surface area contributed by atoms with Crippen molar-refractivity contribution in [2.45, 2.75) is 26.7 Å². The van der Waals surface area contributed by atoms with Gasteiger partial charge in [-0.15, -0.1) is 0 Å². The third-order valence-electron chi connectivity index (χ3n) is 3.16. The average Bonchev–Trinajstić information content (AvgIpc) is 2.43. The molecule has 0 saturated heterocycles. The molecule has 3 N–H and O–H groups in total. The zero-order valence-corrected chi connectivity index (χ0v) is 11.9. The summed E-state index contributed by atoms with van der Waals surface area (Å²) in [4.78, 5) is 18.1. The predicted molar refractivity (Wildman–Crippen MR) is 78.0 cm³/mol. The summed E-state index contributed by atoms with van der Waals surface area (Å²) in [5.41, 5.74) is 6.10. The van der Waals surface area contributed by atoms with Gasteiger partial charge < -0.3 is 16.0 Å². The molecule has 0 unspecified atom stereocenters. The molecule has 19 heavy (non-hydrogen) atoms. The van der Waals surface area contributed by atoms with Crippen molar-refractivity contribution in [1.29, 1.82) is 0 Å². The van der Waals surface area contributed by atoms with E-state index in [1.54, 1.807) is 18.3 Å². The van der Waals surface area contributed by atoms with Crippen LogP contribution in [0.3, 0.4) is 0 Å². The molecule has 1 aromatic rings. The number of carbonyl (C=O) groups excluding carboxylic acids is 1. The van der Waals surface area contributed by atoms with E-state index in [-0.39, 0.29) is 11.7 Å². The van der Waals surface area contributed by atoms with Crippen LogP contribution in [-0.2, 0) is 0 Å². The maximum absolute atomic E-state index is 11.8. The minimum absolute atomic E-state index is 0.145. The highest BCUT2D eigenvalue weighted by molar-refractivity contribution is 5.98. The number of amides is 1. The Morgan fingerprint density at radius 1 is 1.37 bits per heavy atom. The van der Waals surface area contributed by atoms with Gasteiger partial charge in [-0.1, -0.05) is 13.8 Å². The molecule has 0 bridgehead atoms. The number of hydrogen-bond acceptors (Lipinski definition) is 4. The molecule has 1 heterocycles. The van der Waals surface area contributed by atoms with Gasteiger partial charge >= 0.3 is 0 Å². The lowest BCUT2D eigenvalue weighted by Crippen LogP contribution is -2.27. The number of nitrogens with zero attached hydrogens (tertiary/aromatic N) is 2. The quantitative estimate of drug-likeness (QED) is 0.698. The molecule has 1 aromatic heterocycles. The van der Waals surface area contributed by atoms with Crippen LogP contribution in [0.1, 0.15) is 37.0 Å². The zero-order valence-electron chi connectivity index (χ0n) is 11.9. The van der Waals surface area contributed by atoms with E-state index >= 15 is 0 Å². The van der Waals surface area contributed by atoms with Gasteiger partial charge in [-0.3, -0.25) is 4.79 Å². The molecule has 106 valence electrons. The molecule has 0 aliphatic rings. The zero-order chi connectivity index (χ0) is 14.1. The van der Waals surface area contributed by atoms with Gasteiger partial charge in [0.05, 0.1) is 5.56 Å². The molecular weight excluding hydrogens is 240 g/mol. The van der Waals surface area contributed by atoms with Gasteiger partial charge in [0.1, 0.15) is 5.82 Å². The Balaban J connectivity index is 2.23. The van der Waals surface area contributed by atoms with Gasteiger partial charge in [0, 0.05) is 12.7 Å². The summed E-state index contributed by atoms with van der Waals surface area (Å²) in [7, 11) is 0. The molecule has 0 spiro atoms. The first kappa shape index (κ1) is 15.4. The highest BCUT2D eigenvalue weighted by Gasteiger charge is 2.08. The van der Waals surface area contributed by atoms with Crippen LogP contribution >= 0.6 is 0 Å². The van der Waals surface area contributed by atoms with Gasteiger partial charge in [0.2, 0.25) is 0 Å². The standard InChI is InChI=1S/C14H24N4O/c1-3-18(4-2)11-6-5-9-17-14(19)12-8-7-10-16-13(12)15/h7-8,10H,3-6,9,11H2,1-2H3,(H2,15,16)(H,17,19). The molecule has 0 saturated carbocycles. The number of nitrogens with two attached hydrogens (primary N) is 1. The Morgan fingerprint density at radius 3 is 2.74 bits per heavy atom. The Bertz CT molecular complexity index is 391. The third kappa shape index (κ3) is 5.26. The second kappa shape index (κ2) is 8.48. The molecule has 0 aliphatic heterocycles. The van der Waals surface area contributed by atoms with Crippen LogP contribution < -0.4 is 11.1 Å². The summed E-state index contributed by atoms with van der Waals surface area (Å²) in [6.07, 6.45) is 3.64. The summed E-state index contributed by atoms with van der Waals surface area (Å²) >= 11 is 0. The largest absolute Gasteiger partial charge is 0.383 e. The van der Waals surface area contributed by atoms with E-state index in [2.05, 4.69) is 29.0 Å². The lowest BCUT2D eigenvalue weighted by atomic mass is 10.2. The number of aromatic nitrogens is 1. The van der Waals surface area contributed by atoms with Crippen molar-refractivity contribution in [3.8, 4) is 0 Å². The highest BCUT2D eigenvalue weighted by Crippen LogP contribution is 2.06. The summed E-state index contributed by atoms with van der Waals surface area (Å²) in [5, 5.41) is 2.87. The number of anilines is 1. The molecule has 0 fully saturated rings. The molecule has 5 heteroatoms. The summed E-state index contributed by atoms with van der Waals surface area (Å²) < 4.78 is 0. The van der Waals surface area contributed by atoms with Crippen LogP contribution in [-0.4, -0.2) is 42.0 Å². The second-order valence-electron chi connectivity index (χ2n) is 4.43. The molecule has 1 amide bonds. The van der Waals surface area contributed by atoms with Crippen molar-refractivity contribution in [2.24, 2.45) is 0 Å². The van der Waals surface area contributed by atoms with E-state index in [0.717, 1.165) is 32.5 Å². The number of unbranched alkanes of at least 4 members (excludes halogenated alkanes) is 1. The van der Waals surface area contributed by atoms with Crippen LogP contribution in [0.5, 0.6) is 0 Å². The maximum atomic E-state index is 11.8. The van der Waals surface area contributed by atoms with Crippen molar-refractivity contribution >= 4 is 11.7 Å². The van der Waals surface area contributed by atoms with Crippen molar-refractivity contribution in [3.63, 3.8) is 0 Å². The number of pyridine rings is 1. The number of carbonyl (C=O) groups is 1. The summed E-state index contributed by atoms with van der Waals surface area (Å²) in [6, 6.07) is 3.40. The average molecular weight is 264 g/mol. The Hall–Kier alpha value is -1.62. The van der Waals surface area contributed by atoms with Gasteiger partial charge in [-0.2, -0.15) is 0 Å². The molecule has 5 nitrogen and oxygen atoms in total. The number of hydrogen-bond donors (Lipinski definition) is 2. The van der Waals surface area contributed by atoms with Gasteiger partial charge in [-0.05, 0) is 44.6 Å². The Kier molecular flexibility index (Phi) is 6.89. The molecule has 0 aliphatic carbocycles. The number of nitrogens with one attached hydrogen (secondary N) is 1. The fourth-order valence-corrected chi connectivity index (χ4v) is 1.91. The summed E-state index contributed by atoms with van der Waals surface area (Å²) in [6.45, 7) is 8.24. The Morgan fingerprint density at radius 2 is 2.11 bits per heavy atom. The Labute approximate surface area is 115 Å². The third-order valence-corrected chi connectivity index (χ3v) is 3.16. The smallest absolute Gasteiger partial charge is 0.255 e. The maximum Gasteiger partial charge on any atom is 0.255 e. The van der Waals surface area contributed by atoms with Crippen molar-refractivity contribution in [2.75, 3.05) is 31.9 Å².